The average molecular weight is 530 g/mol. The van der Waals surface area contributed by atoms with Crippen molar-refractivity contribution in [3.8, 4) is 0 Å². The molecule has 186 valence electrons. The lowest BCUT2D eigenvalue weighted by atomic mass is 10.2. The van der Waals surface area contributed by atoms with E-state index in [1.807, 2.05) is 0 Å². The van der Waals surface area contributed by atoms with Gasteiger partial charge in [0.05, 0.1) is 0 Å². The summed E-state index contributed by atoms with van der Waals surface area (Å²) in [6.45, 7) is 3.36. The summed E-state index contributed by atoms with van der Waals surface area (Å²) < 4.78 is 2.86. The van der Waals surface area contributed by atoms with E-state index in [-0.39, 0.29) is 0 Å². The van der Waals surface area contributed by atoms with E-state index in [2.05, 4.69) is 144 Å². The summed E-state index contributed by atoms with van der Waals surface area (Å²) in [7, 11) is -1.36. The van der Waals surface area contributed by atoms with Crippen LogP contribution in [0.15, 0.2) is 121 Å². The van der Waals surface area contributed by atoms with Crippen molar-refractivity contribution in [1.29, 1.82) is 0 Å². The van der Waals surface area contributed by atoms with Crippen LogP contribution in [0.4, 0.5) is 0 Å². The van der Waals surface area contributed by atoms with Crippen LogP contribution >= 0.6 is 27.9 Å². The maximum Gasteiger partial charge on any atom is 0.0323 e. The van der Waals surface area contributed by atoms with Gasteiger partial charge in [-0.1, -0.05) is 148 Å². The van der Waals surface area contributed by atoms with Gasteiger partial charge in [-0.3, -0.25) is 0 Å². The Balaban J connectivity index is 1.73. The number of benzene rings is 4. The standard InChI is InChI=1S/C32H37NP2S/c1-2-3-4-17-27-36-28-26-33(34(29-18-9-5-10-19-29)30-20-11-6-12-21-30)35(31-22-13-7-14-23-31)32-24-15-8-16-25-32/h5-16,18-25H,2-4,17,26-28H2,1H3. The summed E-state index contributed by atoms with van der Waals surface area (Å²) in [4.78, 5) is 0. The molecular formula is C32H37NP2S. The van der Waals surface area contributed by atoms with Gasteiger partial charge in [-0.05, 0) is 33.4 Å². The Kier molecular flexibility index (Phi) is 11.5. The number of unbranched alkanes of at least 4 members (excludes halogenated alkanes) is 3. The molecule has 4 aromatic rings. The third-order valence-corrected chi connectivity index (χ3v) is 12.6. The molecule has 4 heteroatoms. The van der Waals surface area contributed by atoms with E-state index in [0.717, 1.165) is 12.3 Å². The van der Waals surface area contributed by atoms with Crippen LogP contribution in [-0.4, -0.2) is 22.5 Å². The Hall–Kier alpha value is -1.95. The number of rotatable bonds is 14. The minimum absolute atomic E-state index is 0.682. The Morgan fingerprint density at radius 1 is 0.500 bits per heavy atom. The van der Waals surface area contributed by atoms with Gasteiger partial charge in [-0.25, -0.2) is 4.44 Å². The first-order chi connectivity index (χ1) is 17.9. The third kappa shape index (κ3) is 7.77. The molecule has 0 bridgehead atoms. The van der Waals surface area contributed by atoms with E-state index in [9.17, 15) is 0 Å². The van der Waals surface area contributed by atoms with Crippen molar-refractivity contribution in [2.75, 3.05) is 18.1 Å². The first-order valence-electron chi connectivity index (χ1n) is 13.0. The van der Waals surface area contributed by atoms with E-state index in [4.69, 9.17) is 0 Å². The molecule has 0 saturated carbocycles. The number of hydrogen-bond donors (Lipinski definition) is 0. The molecule has 0 aromatic heterocycles. The van der Waals surface area contributed by atoms with E-state index in [1.54, 1.807) is 0 Å². The van der Waals surface area contributed by atoms with Crippen LogP contribution in [0.1, 0.15) is 32.6 Å². The fourth-order valence-electron chi connectivity index (χ4n) is 4.28. The minimum Gasteiger partial charge on any atom is -0.244 e. The summed E-state index contributed by atoms with van der Waals surface area (Å²) in [6.07, 6.45) is 5.34. The molecule has 0 N–H and O–H groups in total. The lowest BCUT2D eigenvalue weighted by Gasteiger charge is -2.39. The molecule has 0 amide bonds. The highest BCUT2D eigenvalue weighted by atomic mass is 32.2. The zero-order valence-corrected chi connectivity index (χ0v) is 23.9. The fourth-order valence-corrected chi connectivity index (χ4v) is 11.5. The fraction of sp³-hybridized carbons (Fsp3) is 0.250. The van der Waals surface area contributed by atoms with Gasteiger partial charge in [0, 0.05) is 28.4 Å². The molecule has 36 heavy (non-hydrogen) atoms. The average Bonchev–Trinajstić information content (AvgIpc) is 2.95. The maximum atomic E-state index is 2.86. The second-order valence-corrected chi connectivity index (χ2v) is 14.6. The molecule has 1 nitrogen and oxygen atoms in total. The summed E-state index contributed by atoms with van der Waals surface area (Å²) in [6, 6.07) is 44.7. The minimum atomic E-state index is -0.682. The molecule has 4 aromatic carbocycles. The van der Waals surface area contributed by atoms with Crippen LogP contribution in [0, 0.1) is 0 Å². The van der Waals surface area contributed by atoms with Gasteiger partial charge in [-0.2, -0.15) is 11.8 Å². The highest BCUT2D eigenvalue weighted by molar-refractivity contribution is 7.99. The van der Waals surface area contributed by atoms with Crippen molar-refractivity contribution < 1.29 is 0 Å². The lowest BCUT2D eigenvalue weighted by molar-refractivity contribution is 0.705. The van der Waals surface area contributed by atoms with Crippen LogP contribution in [0.3, 0.4) is 0 Å². The quantitative estimate of drug-likeness (QED) is 0.122. The van der Waals surface area contributed by atoms with Crippen LogP contribution in [0.25, 0.3) is 0 Å². The molecule has 0 spiro atoms. The Bertz CT molecular complexity index is 948. The van der Waals surface area contributed by atoms with Crippen molar-refractivity contribution in [3.63, 3.8) is 0 Å². The number of nitrogens with zero attached hydrogens (tertiary/aromatic N) is 1. The lowest BCUT2D eigenvalue weighted by Crippen LogP contribution is -2.33. The smallest absolute Gasteiger partial charge is 0.0323 e. The molecule has 0 atom stereocenters. The number of hydrogen-bond acceptors (Lipinski definition) is 2. The summed E-state index contributed by atoms with van der Waals surface area (Å²) in [5, 5.41) is 5.69. The molecule has 0 aliphatic heterocycles. The zero-order valence-electron chi connectivity index (χ0n) is 21.2. The SMILES string of the molecule is CCCCCCSCCN(P(c1ccccc1)c1ccccc1)P(c1ccccc1)c1ccccc1. The first-order valence-corrected chi connectivity index (χ1v) is 16.8. The van der Waals surface area contributed by atoms with Gasteiger partial charge in [0.15, 0.2) is 0 Å². The second-order valence-electron chi connectivity index (χ2n) is 8.73. The summed E-state index contributed by atoms with van der Waals surface area (Å²) in [5.41, 5.74) is 0. The van der Waals surface area contributed by atoms with Crippen molar-refractivity contribution in [3.05, 3.63) is 121 Å². The van der Waals surface area contributed by atoms with Crippen molar-refractivity contribution in [2.24, 2.45) is 0 Å². The molecule has 0 fully saturated rings. The summed E-state index contributed by atoms with van der Waals surface area (Å²) >= 11 is 2.13. The monoisotopic (exact) mass is 529 g/mol. The van der Waals surface area contributed by atoms with Crippen LogP contribution in [0.5, 0.6) is 0 Å². The molecular weight excluding hydrogens is 492 g/mol. The first kappa shape index (κ1) is 27.1. The van der Waals surface area contributed by atoms with Gasteiger partial charge in [0.2, 0.25) is 0 Å². The van der Waals surface area contributed by atoms with E-state index >= 15 is 0 Å². The molecule has 0 aliphatic carbocycles. The largest absolute Gasteiger partial charge is 0.244 e. The second kappa shape index (κ2) is 15.3. The molecule has 0 saturated heterocycles. The Morgan fingerprint density at radius 2 is 0.889 bits per heavy atom. The molecule has 0 unspecified atom stereocenters. The van der Waals surface area contributed by atoms with Gasteiger partial charge in [0.1, 0.15) is 0 Å². The maximum absolute atomic E-state index is 2.86. The molecule has 0 aliphatic rings. The predicted octanol–water partition coefficient (Wildman–Crippen LogP) is 7.70. The van der Waals surface area contributed by atoms with Crippen LogP contribution < -0.4 is 21.2 Å². The normalized spacial score (nSPS) is 11.4. The van der Waals surface area contributed by atoms with Crippen LogP contribution in [0.2, 0.25) is 0 Å². The van der Waals surface area contributed by atoms with Gasteiger partial charge < -0.3 is 0 Å². The van der Waals surface area contributed by atoms with E-state index in [1.165, 1.54) is 52.7 Å². The Labute approximate surface area is 225 Å². The van der Waals surface area contributed by atoms with Gasteiger partial charge >= 0.3 is 0 Å². The third-order valence-electron chi connectivity index (χ3n) is 6.04. The number of thioether (sulfide) groups is 1. The van der Waals surface area contributed by atoms with E-state index in [0.29, 0.717) is 0 Å². The van der Waals surface area contributed by atoms with Crippen molar-refractivity contribution >= 4 is 49.1 Å². The highest BCUT2D eigenvalue weighted by Crippen LogP contribution is 2.54. The zero-order chi connectivity index (χ0) is 24.8. The van der Waals surface area contributed by atoms with Crippen molar-refractivity contribution in [2.45, 2.75) is 32.6 Å². The van der Waals surface area contributed by atoms with E-state index < -0.39 is 16.1 Å². The van der Waals surface area contributed by atoms with Crippen LogP contribution in [-0.2, 0) is 0 Å². The topological polar surface area (TPSA) is 3.24 Å². The molecule has 0 radical (unpaired) electrons. The van der Waals surface area contributed by atoms with Gasteiger partial charge in [0.25, 0.3) is 0 Å². The summed E-state index contributed by atoms with van der Waals surface area (Å²) in [5.74, 6) is 2.42. The molecule has 0 heterocycles. The van der Waals surface area contributed by atoms with Gasteiger partial charge in [-0.15, -0.1) is 0 Å². The Morgan fingerprint density at radius 3 is 1.25 bits per heavy atom. The van der Waals surface area contributed by atoms with Crippen molar-refractivity contribution in [1.82, 2.24) is 4.44 Å². The predicted molar refractivity (Wildman–Crippen MR) is 166 cm³/mol. The molecule has 4 rings (SSSR count). The highest BCUT2D eigenvalue weighted by Gasteiger charge is 2.31.